The summed E-state index contributed by atoms with van der Waals surface area (Å²) in [5, 5.41) is 0. The maximum absolute atomic E-state index is 13.0. The van der Waals surface area contributed by atoms with E-state index >= 15 is 0 Å². The highest BCUT2D eigenvalue weighted by Gasteiger charge is 2.36. The molecule has 0 spiro atoms. The molecule has 1 aromatic rings. The lowest BCUT2D eigenvalue weighted by Crippen LogP contribution is -2.58. The minimum Gasteiger partial charge on any atom is -0.341 e. The van der Waals surface area contributed by atoms with Crippen molar-refractivity contribution >= 4 is 36.6 Å². The molecule has 3 unspecified atom stereocenters. The van der Waals surface area contributed by atoms with Crippen LogP contribution in [0.5, 0.6) is 0 Å². The van der Waals surface area contributed by atoms with E-state index in [-0.39, 0.29) is 36.6 Å². The van der Waals surface area contributed by atoms with Crippen molar-refractivity contribution in [3.05, 3.63) is 35.9 Å². The zero-order valence-electron chi connectivity index (χ0n) is 18.3. The van der Waals surface area contributed by atoms with Gasteiger partial charge >= 0.3 is 0 Å². The van der Waals surface area contributed by atoms with Gasteiger partial charge in [-0.1, -0.05) is 44.2 Å². The number of hydrogen-bond acceptors (Lipinski definition) is 4. The molecule has 3 atom stereocenters. The topological polar surface area (TPSA) is 69.9 Å². The van der Waals surface area contributed by atoms with Crippen LogP contribution in [0, 0.1) is 11.8 Å². The molecular weight excluding hydrogens is 423 g/mol. The molecule has 1 aromatic carbocycles. The summed E-state index contributed by atoms with van der Waals surface area (Å²) in [7, 11) is 0. The summed E-state index contributed by atoms with van der Waals surface area (Å²) in [4.78, 5) is 31.7. The Morgan fingerprint density at radius 1 is 0.967 bits per heavy atom. The average Bonchev–Trinajstić information content (AvgIpc) is 2.68. The van der Waals surface area contributed by atoms with E-state index in [2.05, 4.69) is 18.7 Å². The van der Waals surface area contributed by atoms with Gasteiger partial charge in [0.1, 0.15) is 5.54 Å². The van der Waals surface area contributed by atoms with E-state index in [1.807, 2.05) is 40.1 Å². The molecule has 0 aromatic heterocycles. The number of piperazine rings is 1. The van der Waals surface area contributed by atoms with Gasteiger partial charge in [0.15, 0.2) is 0 Å². The van der Waals surface area contributed by atoms with Gasteiger partial charge < -0.3 is 15.5 Å². The van der Waals surface area contributed by atoms with Gasteiger partial charge in [0.2, 0.25) is 11.8 Å². The molecule has 6 nitrogen and oxygen atoms in total. The van der Waals surface area contributed by atoms with E-state index in [0.717, 1.165) is 18.7 Å². The quantitative estimate of drug-likeness (QED) is 0.751. The largest absolute Gasteiger partial charge is 0.341 e. The van der Waals surface area contributed by atoms with Crippen LogP contribution in [0.1, 0.15) is 32.8 Å². The number of likely N-dealkylation sites (tertiary alicyclic amines) is 1. The molecule has 2 N–H and O–H groups in total. The van der Waals surface area contributed by atoms with E-state index in [0.29, 0.717) is 44.6 Å². The second-order valence-electron chi connectivity index (χ2n) is 8.88. The smallest absolute Gasteiger partial charge is 0.247 e. The SMILES string of the molecule is CC1CC(C)CN(C(=O)CN2CCN(C(=O)C(C)(N)c3ccccc3)CC2)C1.Cl.Cl. The van der Waals surface area contributed by atoms with Gasteiger partial charge in [0.25, 0.3) is 0 Å². The zero-order valence-corrected chi connectivity index (χ0v) is 19.9. The first-order valence-electron chi connectivity index (χ1n) is 10.4. The van der Waals surface area contributed by atoms with Gasteiger partial charge in [0, 0.05) is 39.3 Å². The number of carbonyl (C=O) groups is 2. The normalized spacial score (nSPS) is 24.3. The van der Waals surface area contributed by atoms with Crippen molar-refractivity contribution in [2.45, 2.75) is 32.7 Å². The third-order valence-corrected chi connectivity index (χ3v) is 6.06. The van der Waals surface area contributed by atoms with Crippen molar-refractivity contribution in [1.82, 2.24) is 14.7 Å². The van der Waals surface area contributed by atoms with Gasteiger partial charge in [-0.25, -0.2) is 0 Å². The van der Waals surface area contributed by atoms with Crippen molar-refractivity contribution in [3.8, 4) is 0 Å². The second kappa shape index (κ2) is 11.3. The number of piperidine rings is 1. The molecule has 2 aliphatic rings. The Bertz CT molecular complexity index is 684. The summed E-state index contributed by atoms with van der Waals surface area (Å²) in [6, 6.07) is 9.52. The summed E-state index contributed by atoms with van der Waals surface area (Å²) in [6.45, 7) is 11.0. The predicted octanol–water partition coefficient (Wildman–Crippen LogP) is 2.35. The molecule has 8 heteroatoms. The number of halogens is 2. The average molecular weight is 459 g/mol. The Hall–Kier alpha value is -1.34. The Morgan fingerprint density at radius 3 is 2.03 bits per heavy atom. The second-order valence-corrected chi connectivity index (χ2v) is 8.88. The fourth-order valence-electron chi connectivity index (χ4n) is 4.50. The van der Waals surface area contributed by atoms with Crippen LogP contribution in [0.25, 0.3) is 0 Å². The molecule has 0 aliphatic carbocycles. The molecule has 0 bridgehead atoms. The highest BCUT2D eigenvalue weighted by Crippen LogP contribution is 2.22. The first-order chi connectivity index (χ1) is 13.3. The molecular formula is C22H36Cl2N4O2. The van der Waals surface area contributed by atoms with Crippen LogP contribution >= 0.6 is 24.8 Å². The predicted molar refractivity (Wildman–Crippen MR) is 125 cm³/mol. The van der Waals surface area contributed by atoms with Crippen LogP contribution in [0.15, 0.2) is 30.3 Å². The van der Waals surface area contributed by atoms with Gasteiger partial charge in [-0.15, -0.1) is 24.8 Å². The molecule has 30 heavy (non-hydrogen) atoms. The molecule has 2 heterocycles. The lowest BCUT2D eigenvalue weighted by molar-refractivity contribution is -0.139. The van der Waals surface area contributed by atoms with Crippen LogP contribution in [0.3, 0.4) is 0 Å². The van der Waals surface area contributed by atoms with E-state index in [9.17, 15) is 9.59 Å². The molecule has 2 aliphatic heterocycles. The first kappa shape index (κ1) is 26.7. The van der Waals surface area contributed by atoms with E-state index in [4.69, 9.17) is 5.73 Å². The summed E-state index contributed by atoms with van der Waals surface area (Å²) in [5.41, 5.74) is 6.18. The van der Waals surface area contributed by atoms with Crippen molar-refractivity contribution in [3.63, 3.8) is 0 Å². The number of rotatable bonds is 4. The third kappa shape index (κ3) is 6.33. The number of benzene rings is 1. The zero-order chi connectivity index (χ0) is 20.3. The van der Waals surface area contributed by atoms with Gasteiger partial charge in [-0.05, 0) is 30.7 Å². The minimum atomic E-state index is -1.03. The van der Waals surface area contributed by atoms with Gasteiger partial charge in [-0.2, -0.15) is 0 Å². The van der Waals surface area contributed by atoms with Crippen LogP contribution in [-0.4, -0.2) is 72.3 Å². The summed E-state index contributed by atoms with van der Waals surface area (Å²) >= 11 is 0. The summed E-state index contributed by atoms with van der Waals surface area (Å²) in [6.07, 6.45) is 1.20. The van der Waals surface area contributed by atoms with Crippen LogP contribution in [0.2, 0.25) is 0 Å². The van der Waals surface area contributed by atoms with Crippen molar-refractivity contribution in [1.29, 1.82) is 0 Å². The number of carbonyl (C=O) groups excluding carboxylic acids is 2. The van der Waals surface area contributed by atoms with Crippen LogP contribution in [0.4, 0.5) is 0 Å². The molecule has 2 saturated heterocycles. The monoisotopic (exact) mass is 458 g/mol. The fourth-order valence-corrected chi connectivity index (χ4v) is 4.50. The maximum atomic E-state index is 13.0. The van der Waals surface area contributed by atoms with Crippen LogP contribution < -0.4 is 5.73 Å². The number of amides is 2. The molecule has 0 saturated carbocycles. The van der Waals surface area contributed by atoms with Crippen molar-refractivity contribution < 1.29 is 9.59 Å². The molecule has 2 amide bonds. The maximum Gasteiger partial charge on any atom is 0.247 e. The molecule has 2 fully saturated rings. The number of nitrogens with zero attached hydrogens (tertiary/aromatic N) is 3. The standard InChI is InChI=1S/C22H34N4O2.2ClH/c1-17-13-18(2)15-26(14-17)20(27)16-24-9-11-25(12-10-24)21(28)22(3,23)19-7-5-4-6-8-19;;/h4-8,17-18H,9-16,23H2,1-3H3;2*1H. The fraction of sp³-hybridized carbons (Fsp3) is 0.636. The molecule has 3 rings (SSSR count). The van der Waals surface area contributed by atoms with Crippen molar-refractivity contribution in [2.24, 2.45) is 17.6 Å². The Morgan fingerprint density at radius 2 is 1.50 bits per heavy atom. The number of nitrogens with two attached hydrogens (primary N) is 1. The van der Waals surface area contributed by atoms with E-state index in [1.54, 1.807) is 6.92 Å². The van der Waals surface area contributed by atoms with Gasteiger partial charge in [-0.3, -0.25) is 14.5 Å². The third-order valence-electron chi connectivity index (χ3n) is 6.06. The highest BCUT2D eigenvalue weighted by molar-refractivity contribution is 5.87. The van der Waals surface area contributed by atoms with E-state index < -0.39 is 5.54 Å². The minimum absolute atomic E-state index is 0. The van der Waals surface area contributed by atoms with Crippen molar-refractivity contribution in [2.75, 3.05) is 45.8 Å². The lowest BCUT2D eigenvalue weighted by Gasteiger charge is -2.40. The summed E-state index contributed by atoms with van der Waals surface area (Å²) < 4.78 is 0. The molecule has 170 valence electrons. The Labute approximate surface area is 193 Å². The molecule has 0 radical (unpaired) electrons. The van der Waals surface area contributed by atoms with Crippen LogP contribution in [-0.2, 0) is 15.1 Å². The highest BCUT2D eigenvalue weighted by atomic mass is 35.5. The summed E-state index contributed by atoms with van der Waals surface area (Å²) in [5.74, 6) is 1.30. The lowest BCUT2D eigenvalue weighted by atomic mass is 9.91. The number of hydrogen-bond donors (Lipinski definition) is 1. The first-order valence-corrected chi connectivity index (χ1v) is 10.4. The Balaban J connectivity index is 0.00000225. The van der Waals surface area contributed by atoms with E-state index in [1.165, 1.54) is 6.42 Å². The van der Waals surface area contributed by atoms with Gasteiger partial charge in [0.05, 0.1) is 6.54 Å². The Kier molecular flexibility index (Phi) is 10.1.